The SMILES string of the molecule is CCCn1c(=O)[nH]c(=O)c2cc(C(=O)NCc3ccccc3[N+](=O)[O-])cnc21. The van der Waals surface area contributed by atoms with Gasteiger partial charge in [-0.2, -0.15) is 0 Å². The molecule has 3 rings (SSSR count). The normalized spacial score (nSPS) is 10.8. The zero-order chi connectivity index (χ0) is 20.3. The number of fused-ring (bicyclic) bond motifs is 1. The molecule has 0 unspecified atom stereocenters. The maximum absolute atomic E-state index is 12.4. The Hall–Kier alpha value is -3.82. The standard InChI is InChI=1S/C18H17N5O5/c1-2-7-22-15-13(17(25)21-18(22)26)8-12(10-19-15)16(24)20-9-11-5-3-4-6-14(11)23(27)28/h3-6,8,10H,2,7,9H2,1H3,(H,20,24)(H,21,25,26). The lowest BCUT2D eigenvalue weighted by atomic mass is 10.1. The monoisotopic (exact) mass is 383 g/mol. The highest BCUT2D eigenvalue weighted by atomic mass is 16.6. The number of nitro benzene ring substituents is 1. The van der Waals surface area contributed by atoms with Gasteiger partial charge in [-0.3, -0.25) is 29.3 Å². The molecular weight excluding hydrogens is 366 g/mol. The van der Waals surface area contributed by atoms with E-state index in [2.05, 4.69) is 15.3 Å². The summed E-state index contributed by atoms with van der Waals surface area (Å²) < 4.78 is 1.34. The van der Waals surface area contributed by atoms with Gasteiger partial charge in [-0.15, -0.1) is 0 Å². The zero-order valence-electron chi connectivity index (χ0n) is 15.0. The van der Waals surface area contributed by atoms with E-state index in [1.54, 1.807) is 18.2 Å². The molecule has 0 radical (unpaired) electrons. The number of benzene rings is 1. The lowest BCUT2D eigenvalue weighted by Gasteiger charge is -2.09. The van der Waals surface area contributed by atoms with E-state index in [4.69, 9.17) is 0 Å². The van der Waals surface area contributed by atoms with Crippen molar-refractivity contribution in [2.45, 2.75) is 26.4 Å². The van der Waals surface area contributed by atoms with Crippen LogP contribution in [0.1, 0.15) is 29.3 Å². The topological polar surface area (TPSA) is 140 Å². The molecule has 0 saturated heterocycles. The van der Waals surface area contributed by atoms with E-state index in [1.165, 1.54) is 22.9 Å². The Morgan fingerprint density at radius 1 is 1.32 bits per heavy atom. The minimum atomic E-state index is -0.631. The van der Waals surface area contributed by atoms with E-state index in [1.807, 2.05) is 6.92 Å². The molecule has 2 aromatic heterocycles. The number of nitrogens with one attached hydrogen (secondary N) is 2. The molecule has 2 N–H and O–H groups in total. The second kappa shape index (κ2) is 7.82. The van der Waals surface area contributed by atoms with Gasteiger partial charge in [-0.1, -0.05) is 25.1 Å². The molecule has 0 spiro atoms. The number of amides is 1. The summed E-state index contributed by atoms with van der Waals surface area (Å²) in [5.41, 5.74) is -0.624. The van der Waals surface area contributed by atoms with Crippen molar-refractivity contribution >= 4 is 22.6 Å². The van der Waals surface area contributed by atoms with Gasteiger partial charge in [0.05, 0.1) is 15.9 Å². The summed E-state index contributed by atoms with van der Waals surface area (Å²) >= 11 is 0. The fraction of sp³-hybridized carbons (Fsp3) is 0.222. The van der Waals surface area contributed by atoms with Crippen LogP contribution in [0.3, 0.4) is 0 Å². The third-order valence-corrected chi connectivity index (χ3v) is 4.17. The molecule has 0 aliphatic carbocycles. The van der Waals surface area contributed by atoms with Crippen LogP contribution in [-0.2, 0) is 13.1 Å². The van der Waals surface area contributed by atoms with Gasteiger partial charge in [0.1, 0.15) is 5.65 Å². The summed E-state index contributed by atoms with van der Waals surface area (Å²) in [6, 6.07) is 7.43. The van der Waals surface area contributed by atoms with Crippen molar-refractivity contribution in [2.75, 3.05) is 0 Å². The number of aromatic nitrogens is 3. The largest absolute Gasteiger partial charge is 0.348 e. The number of carbonyl (C=O) groups is 1. The lowest BCUT2D eigenvalue weighted by molar-refractivity contribution is -0.385. The Morgan fingerprint density at radius 3 is 2.79 bits per heavy atom. The number of hydrogen-bond acceptors (Lipinski definition) is 6. The van der Waals surface area contributed by atoms with Crippen molar-refractivity contribution in [2.24, 2.45) is 0 Å². The van der Waals surface area contributed by atoms with Crippen LogP contribution < -0.4 is 16.6 Å². The van der Waals surface area contributed by atoms with E-state index in [0.29, 0.717) is 18.5 Å². The quantitative estimate of drug-likeness (QED) is 0.486. The van der Waals surface area contributed by atoms with E-state index in [0.717, 1.165) is 0 Å². The van der Waals surface area contributed by atoms with Crippen molar-refractivity contribution in [3.05, 3.63) is 78.6 Å². The van der Waals surface area contributed by atoms with E-state index in [-0.39, 0.29) is 28.8 Å². The second-order valence-electron chi connectivity index (χ2n) is 6.07. The Kier molecular flexibility index (Phi) is 5.30. The molecule has 0 aliphatic rings. The molecule has 10 nitrogen and oxygen atoms in total. The second-order valence-corrected chi connectivity index (χ2v) is 6.07. The Balaban J connectivity index is 1.90. The van der Waals surface area contributed by atoms with Crippen molar-refractivity contribution < 1.29 is 9.72 Å². The molecule has 28 heavy (non-hydrogen) atoms. The van der Waals surface area contributed by atoms with Crippen molar-refractivity contribution in [3.63, 3.8) is 0 Å². The van der Waals surface area contributed by atoms with E-state index >= 15 is 0 Å². The van der Waals surface area contributed by atoms with Gasteiger partial charge in [0.15, 0.2) is 0 Å². The molecule has 1 amide bonds. The Morgan fingerprint density at radius 2 is 2.07 bits per heavy atom. The predicted octanol–water partition coefficient (Wildman–Crippen LogP) is 1.33. The summed E-state index contributed by atoms with van der Waals surface area (Å²) in [5.74, 6) is -0.541. The fourth-order valence-electron chi connectivity index (χ4n) is 2.84. The fourth-order valence-corrected chi connectivity index (χ4v) is 2.84. The van der Waals surface area contributed by atoms with Crippen LogP contribution in [0.15, 0.2) is 46.1 Å². The van der Waals surface area contributed by atoms with Crippen molar-refractivity contribution in [3.8, 4) is 0 Å². The van der Waals surface area contributed by atoms with Gasteiger partial charge in [0.2, 0.25) is 0 Å². The number of H-pyrrole nitrogens is 1. The van der Waals surface area contributed by atoms with Crippen LogP contribution in [0.5, 0.6) is 0 Å². The summed E-state index contributed by atoms with van der Waals surface area (Å²) in [6.07, 6.45) is 1.93. The average Bonchev–Trinajstić information content (AvgIpc) is 2.69. The number of carbonyl (C=O) groups excluding carboxylic acids is 1. The summed E-state index contributed by atoms with van der Waals surface area (Å²) in [7, 11) is 0. The maximum atomic E-state index is 12.4. The third kappa shape index (κ3) is 3.65. The molecule has 0 saturated carbocycles. The first kappa shape index (κ1) is 19.0. The van der Waals surface area contributed by atoms with Crippen LogP contribution in [0.4, 0.5) is 5.69 Å². The van der Waals surface area contributed by atoms with Crippen LogP contribution >= 0.6 is 0 Å². The minimum absolute atomic E-state index is 0.0558. The van der Waals surface area contributed by atoms with Gasteiger partial charge in [-0.25, -0.2) is 9.78 Å². The Bertz CT molecular complexity index is 1180. The molecule has 0 fully saturated rings. The number of pyridine rings is 1. The van der Waals surface area contributed by atoms with Crippen LogP contribution in [0, 0.1) is 10.1 Å². The number of aromatic amines is 1. The highest BCUT2D eigenvalue weighted by molar-refractivity contribution is 5.96. The number of nitro groups is 1. The van der Waals surface area contributed by atoms with Gasteiger partial charge < -0.3 is 5.32 Å². The zero-order valence-corrected chi connectivity index (χ0v) is 15.0. The van der Waals surface area contributed by atoms with Gasteiger partial charge in [0.25, 0.3) is 17.2 Å². The first-order valence-electron chi connectivity index (χ1n) is 8.55. The van der Waals surface area contributed by atoms with Gasteiger partial charge in [-0.05, 0) is 12.5 Å². The molecule has 0 aliphatic heterocycles. The van der Waals surface area contributed by atoms with Gasteiger partial charge >= 0.3 is 5.69 Å². The van der Waals surface area contributed by atoms with Crippen LogP contribution in [0.25, 0.3) is 11.0 Å². The van der Waals surface area contributed by atoms with Crippen molar-refractivity contribution in [1.82, 2.24) is 19.9 Å². The van der Waals surface area contributed by atoms with Crippen molar-refractivity contribution in [1.29, 1.82) is 0 Å². The first-order valence-corrected chi connectivity index (χ1v) is 8.55. The third-order valence-electron chi connectivity index (χ3n) is 4.17. The molecule has 1 aromatic carbocycles. The molecule has 3 aromatic rings. The molecule has 2 heterocycles. The summed E-state index contributed by atoms with van der Waals surface area (Å²) in [5, 5.41) is 13.7. The molecule has 144 valence electrons. The average molecular weight is 383 g/mol. The number of hydrogen-bond donors (Lipinski definition) is 2. The predicted molar refractivity (Wildman–Crippen MR) is 101 cm³/mol. The van der Waals surface area contributed by atoms with Crippen LogP contribution in [0.2, 0.25) is 0 Å². The molecule has 0 atom stereocenters. The molecular formula is C18H17N5O5. The summed E-state index contributed by atoms with van der Waals surface area (Å²) in [4.78, 5) is 53.3. The number of nitrogens with zero attached hydrogens (tertiary/aromatic N) is 3. The first-order chi connectivity index (χ1) is 13.4. The number of para-hydroxylation sites is 1. The minimum Gasteiger partial charge on any atom is -0.348 e. The van der Waals surface area contributed by atoms with E-state index < -0.39 is 22.1 Å². The van der Waals surface area contributed by atoms with Gasteiger partial charge in [0, 0.05) is 30.9 Å². The highest BCUT2D eigenvalue weighted by Crippen LogP contribution is 2.17. The van der Waals surface area contributed by atoms with Crippen LogP contribution in [-0.4, -0.2) is 25.4 Å². The smallest absolute Gasteiger partial charge is 0.329 e. The lowest BCUT2D eigenvalue weighted by Crippen LogP contribution is -2.31. The number of aryl methyl sites for hydroxylation is 1. The summed E-state index contributed by atoms with van der Waals surface area (Å²) in [6.45, 7) is 2.20. The Labute approximate surface area is 158 Å². The highest BCUT2D eigenvalue weighted by Gasteiger charge is 2.15. The number of rotatable bonds is 6. The van der Waals surface area contributed by atoms with E-state index in [9.17, 15) is 24.5 Å². The maximum Gasteiger partial charge on any atom is 0.329 e. The molecule has 0 bridgehead atoms. The molecule has 10 heteroatoms.